The molecule has 1 aromatic carbocycles. The highest BCUT2D eigenvalue weighted by molar-refractivity contribution is 5.34. The molecule has 0 saturated heterocycles. The minimum Gasteiger partial charge on any atom is -0.493 e. The molecular weight excluding hydrogens is 229 g/mol. The van der Waals surface area contributed by atoms with E-state index >= 15 is 0 Å². The van der Waals surface area contributed by atoms with E-state index in [2.05, 4.69) is 19.2 Å². The van der Waals surface area contributed by atoms with Gasteiger partial charge in [0.2, 0.25) is 0 Å². The van der Waals surface area contributed by atoms with E-state index in [1.165, 1.54) is 25.3 Å². The molecule has 0 bridgehead atoms. The third-order valence-electron chi connectivity index (χ3n) is 3.46. The smallest absolute Gasteiger partial charge is 0.131 e. The van der Waals surface area contributed by atoms with E-state index in [0.29, 0.717) is 29.8 Å². The van der Waals surface area contributed by atoms with Gasteiger partial charge in [-0.05, 0) is 30.9 Å². The summed E-state index contributed by atoms with van der Waals surface area (Å²) in [5.74, 6) is 1.17. The summed E-state index contributed by atoms with van der Waals surface area (Å²) in [7, 11) is 0. The summed E-state index contributed by atoms with van der Waals surface area (Å²) < 4.78 is 19.6. The lowest BCUT2D eigenvalue weighted by molar-refractivity contribution is 0.178. The van der Waals surface area contributed by atoms with Crippen LogP contribution in [-0.4, -0.2) is 12.6 Å². The van der Waals surface area contributed by atoms with Crippen LogP contribution in [0.1, 0.15) is 38.7 Å². The van der Waals surface area contributed by atoms with Crippen LogP contribution in [-0.2, 0) is 6.54 Å². The Labute approximate surface area is 109 Å². The van der Waals surface area contributed by atoms with Crippen LogP contribution >= 0.6 is 0 Å². The van der Waals surface area contributed by atoms with Crippen LogP contribution in [0.4, 0.5) is 4.39 Å². The molecule has 1 aliphatic rings. The summed E-state index contributed by atoms with van der Waals surface area (Å²) in [5.41, 5.74) is 0.644. The van der Waals surface area contributed by atoms with E-state index < -0.39 is 0 Å². The van der Waals surface area contributed by atoms with Gasteiger partial charge in [-0.3, -0.25) is 0 Å². The molecule has 0 unspecified atom stereocenters. The summed E-state index contributed by atoms with van der Waals surface area (Å²) in [4.78, 5) is 0. The number of rotatable bonds is 6. The summed E-state index contributed by atoms with van der Waals surface area (Å²) in [6.07, 6.45) is 3.79. The zero-order valence-electron chi connectivity index (χ0n) is 11.2. The average molecular weight is 251 g/mol. The van der Waals surface area contributed by atoms with E-state index in [0.717, 1.165) is 6.61 Å². The molecule has 1 saturated carbocycles. The standard InChI is InChI=1S/C15H22FNO/c1-11(2)17-9-13-14(16)7-4-8-15(13)18-10-12-5-3-6-12/h4,7-8,11-12,17H,3,5-6,9-10H2,1-2H3. The highest BCUT2D eigenvalue weighted by atomic mass is 19.1. The molecule has 1 fully saturated rings. The predicted octanol–water partition coefficient (Wildman–Crippen LogP) is 3.50. The minimum absolute atomic E-state index is 0.186. The first-order valence-electron chi connectivity index (χ1n) is 6.80. The third kappa shape index (κ3) is 3.45. The maximum absolute atomic E-state index is 13.8. The first kappa shape index (κ1) is 13.3. The van der Waals surface area contributed by atoms with Crippen LogP contribution in [0.3, 0.4) is 0 Å². The average Bonchev–Trinajstić information content (AvgIpc) is 2.25. The zero-order chi connectivity index (χ0) is 13.0. The third-order valence-corrected chi connectivity index (χ3v) is 3.46. The molecule has 0 radical (unpaired) electrons. The molecular formula is C15H22FNO. The molecule has 0 aromatic heterocycles. The van der Waals surface area contributed by atoms with Gasteiger partial charge in [-0.15, -0.1) is 0 Å². The van der Waals surface area contributed by atoms with Crippen molar-refractivity contribution in [3.05, 3.63) is 29.6 Å². The number of benzene rings is 1. The van der Waals surface area contributed by atoms with Crippen molar-refractivity contribution in [1.29, 1.82) is 0 Å². The lowest BCUT2D eigenvalue weighted by atomic mass is 9.86. The van der Waals surface area contributed by atoms with Crippen molar-refractivity contribution in [2.45, 2.75) is 45.7 Å². The van der Waals surface area contributed by atoms with E-state index in [4.69, 9.17) is 4.74 Å². The molecule has 0 heterocycles. The van der Waals surface area contributed by atoms with Crippen molar-refractivity contribution in [3.8, 4) is 5.75 Å². The van der Waals surface area contributed by atoms with Crippen LogP contribution in [0.5, 0.6) is 5.75 Å². The van der Waals surface area contributed by atoms with Crippen LogP contribution in [0, 0.1) is 11.7 Å². The predicted molar refractivity (Wildman–Crippen MR) is 71.2 cm³/mol. The van der Waals surface area contributed by atoms with Crippen LogP contribution in [0.25, 0.3) is 0 Å². The molecule has 2 rings (SSSR count). The van der Waals surface area contributed by atoms with Crippen molar-refractivity contribution in [2.24, 2.45) is 5.92 Å². The molecule has 100 valence electrons. The number of ether oxygens (including phenoxy) is 1. The second-order valence-electron chi connectivity index (χ2n) is 5.36. The Morgan fingerprint density at radius 1 is 1.39 bits per heavy atom. The maximum Gasteiger partial charge on any atom is 0.131 e. The highest BCUT2D eigenvalue weighted by Crippen LogP contribution is 2.28. The van der Waals surface area contributed by atoms with E-state index in [9.17, 15) is 4.39 Å². The largest absolute Gasteiger partial charge is 0.493 e. The topological polar surface area (TPSA) is 21.3 Å². The lowest BCUT2D eigenvalue weighted by Crippen LogP contribution is -2.24. The molecule has 0 atom stereocenters. The zero-order valence-corrected chi connectivity index (χ0v) is 11.2. The Balaban J connectivity index is 1.99. The molecule has 0 aliphatic heterocycles. The van der Waals surface area contributed by atoms with Gasteiger partial charge in [0.05, 0.1) is 6.61 Å². The summed E-state index contributed by atoms with van der Waals surface area (Å²) in [6, 6.07) is 5.40. The van der Waals surface area contributed by atoms with Crippen LogP contribution in [0.15, 0.2) is 18.2 Å². The van der Waals surface area contributed by atoms with E-state index in [1.807, 2.05) is 6.07 Å². The quantitative estimate of drug-likeness (QED) is 0.835. The van der Waals surface area contributed by atoms with Gasteiger partial charge in [0.1, 0.15) is 11.6 Å². The minimum atomic E-state index is -0.186. The van der Waals surface area contributed by atoms with Crippen molar-refractivity contribution in [3.63, 3.8) is 0 Å². The molecule has 2 nitrogen and oxygen atoms in total. The van der Waals surface area contributed by atoms with Gasteiger partial charge >= 0.3 is 0 Å². The van der Waals surface area contributed by atoms with Gasteiger partial charge in [-0.2, -0.15) is 0 Å². The molecule has 1 aromatic rings. The van der Waals surface area contributed by atoms with Gasteiger partial charge in [0.25, 0.3) is 0 Å². The van der Waals surface area contributed by atoms with E-state index in [-0.39, 0.29) is 5.82 Å². The molecule has 0 amide bonds. The Morgan fingerprint density at radius 2 is 2.17 bits per heavy atom. The molecule has 1 N–H and O–H groups in total. The first-order valence-corrected chi connectivity index (χ1v) is 6.80. The second-order valence-corrected chi connectivity index (χ2v) is 5.36. The van der Waals surface area contributed by atoms with Crippen molar-refractivity contribution in [2.75, 3.05) is 6.61 Å². The number of halogens is 1. The number of hydrogen-bond donors (Lipinski definition) is 1. The fourth-order valence-electron chi connectivity index (χ4n) is 2.02. The lowest BCUT2D eigenvalue weighted by Gasteiger charge is -2.25. The Hall–Kier alpha value is -1.09. The maximum atomic E-state index is 13.8. The summed E-state index contributed by atoms with van der Waals surface area (Å²) >= 11 is 0. The van der Waals surface area contributed by atoms with E-state index in [1.54, 1.807) is 6.07 Å². The second kappa shape index (κ2) is 6.19. The Kier molecular flexibility index (Phi) is 4.59. The highest BCUT2D eigenvalue weighted by Gasteiger charge is 2.19. The first-order chi connectivity index (χ1) is 8.66. The van der Waals surface area contributed by atoms with Gasteiger partial charge in [0.15, 0.2) is 0 Å². The van der Waals surface area contributed by atoms with Crippen molar-refractivity contribution >= 4 is 0 Å². The summed E-state index contributed by atoms with van der Waals surface area (Å²) in [6.45, 7) is 5.34. The molecule has 3 heteroatoms. The fraction of sp³-hybridized carbons (Fsp3) is 0.600. The van der Waals surface area contributed by atoms with Crippen LogP contribution < -0.4 is 10.1 Å². The van der Waals surface area contributed by atoms with Crippen LogP contribution in [0.2, 0.25) is 0 Å². The monoisotopic (exact) mass is 251 g/mol. The van der Waals surface area contributed by atoms with Crippen molar-refractivity contribution < 1.29 is 9.13 Å². The normalized spacial score (nSPS) is 15.8. The summed E-state index contributed by atoms with van der Waals surface area (Å²) in [5, 5.41) is 3.24. The molecule has 1 aliphatic carbocycles. The van der Waals surface area contributed by atoms with Gasteiger partial charge in [0, 0.05) is 18.2 Å². The number of nitrogens with one attached hydrogen (secondary N) is 1. The van der Waals surface area contributed by atoms with Gasteiger partial charge in [-0.25, -0.2) is 4.39 Å². The van der Waals surface area contributed by atoms with Gasteiger partial charge in [-0.1, -0.05) is 26.3 Å². The molecule has 0 spiro atoms. The SMILES string of the molecule is CC(C)NCc1c(F)cccc1OCC1CCC1. The van der Waals surface area contributed by atoms with Crippen molar-refractivity contribution in [1.82, 2.24) is 5.32 Å². The fourth-order valence-corrected chi connectivity index (χ4v) is 2.02. The number of hydrogen-bond acceptors (Lipinski definition) is 2. The Bertz CT molecular complexity index is 388. The Morgan fingerprint density at radius 3 is 2.78 bits per heavy atom. The molecule has 18 heavy (non-hydrogen) atoms. The van der Waals surface area contributed by atoms with Gasteiger partial charge < -0.3 is 10.1 Å².